The van der Waals surface area contributed by atoms with Crippen molar-refractivity contribution in [2.75, 3.05) is 38.5 Å². The van der Waals surface area contributed by atoms with Crippen LogP contribution >= 0.6 is 11.3 Å². The van der Waals surface area contributed by atoms with E-state index < -0.39 is 40.1 Å². The molecule has 3 amide bonds. The Morgan fingerprint density at radius 3 is 2.34 bits per heavy atom. The molecule has 1 fully saturated rings. The zero-order valence-corrected chi connectivity index (χ0v) is 29.0. The van der Waals surface area contributed by atoms with E-state index in [2.05, 4.69) is 31.2 Å². The fourth-order valence-electron chi connectivity index (χ4n) is 4.86. The molecule has 3 atom stereocenters. The van der Waals surface area contributed by atoms with Gasteiger partial charge < -0.3 is 21.3 Å². The van der Waals surface area contributed by atoms with Gasteiger partial charge in [0.1, 0.15) is 0 Å². The van der Waals surface area contributed by atoms with E-state index in [9.17, 15) is 22.8 Å². The maximum atomic E-state index is 13.8. The highest BCUT2D eigenvalue weighted by atomic mass is 32.2. The van der Waals surface area contributed by atoms with Gasteiger partial charge in [0, 0.05) is 75.6 Å². The van der Waals surface area contributed by atoms with E-state index in [1.165, 1.54) is 50.7 Å². The third kappa shape index (κ3) is 10.0. The number of pyridine rings is 1. The highest BCUT2D eigenvalue weighted by molar-refractivity contribution is 7.90. The Labute approximate surface area is 280 Å². The maximum absolute atomic E-state index is 13.8. The molecule has 47 heavy (non-hydrogen) atoms. The van der Waals surface area contributed by atoms with E-state index in [1.54, 1.807) is 30.9 Å². The van der Waals surface area contributed by atoms with Crippen molar-refractivity contribution in [2.45, 2.75) is 57.7 Å². The Kier molecular flexibility index (Phi) is 12.4. The zero-order chi connectivity index (χ0) is 34.1. The molecular formula is C32H44N8O5S2. The number of carbonyl (C=O) groups is 3. The van der Waals surface area contributed by atoms with Crippen molar-refractivity contribution < 1.29 is 22.8 Å². The summed E-state index contributed by atoms with van der Waals surface area (Å²) in [7, 11) is 0.228. The van der Waals surface area contributed by atoms with E-state index in [1.807, 2.05) is 18.4 Å². The third-order valence-corrected chi connectivity index (χ3v) is 10.5. The highest BCUT2D eigenvalue weighted by Gasteiger charge is 2.27. The van der Waals surface area contributed by atoms with Gasteiger partial charge in [-0.3, -0.25) is 23.7 Å². The van der Waals surface area contributed by atoms with E-state index in [0.29, 0.717) is 25.3 Å². The zero-order valence-electron chi connectivity index (χ0n) is 27.4. The van der Waals surface area contributed by atoms with Gasteiger partial charge >= 0.3 is 10.2 Å². The number of thiazole rings is 1. The fourth-order valence-corrected chi connectivity index (χ4v) is 6.29. The Hall–Kier alpha value is -3.92. The molecule has 2 unspecified atom stereocenters. The molecule has 0 aliphatic heterocycles. The summed E-state index contributed by atoms with van der Waals surface area (Å²) < 4.78 is 28.1. The monoisotopic (exact) mass is 684 g/mol. The summed E-state index contributed by atoms with van der Waals surface area (Å²) in [5, 5.41) is 14.1. The van der Waals surface area contributed by atoms with Gasteiger partial charge in [0.25, 0.3) is 11.8 Å². The van der Waals surface area contributed by atoms with Crippen LogP contribution in [0.2, 0.25) is 0 Å². The summed E-state index contributed by atoms with van der Waals surface area (Å²) in [5.41, 5.74) is 3.62. The number of hydrogen-bond donors (Lipinski definition) is 4. The average Bonchev–Trinajstić information content (AvgIpc) is 3.76. The van der Waals surface area contributed by atoms with Crippen molar-refractivity contribution in [1.82, 2.24) is 35.5 Å². The Bertz CT molecular complexity index is 1620. The van der Waals surface area contributed by atoms with Gasteiger partial charge in [-0.05, 0) is 61.9 Å². The van der Waals surface area contributed by atoms with Crippen LogP contribution in [-0.2, 0) is 21.4 Å². The van der Waals surface area contributed by atoms with Gasteiger partial charge in [-0.1, -0.05) is 13.0 Å². The van der Waals surface area contributed by atoms with Gasteiger partial charge in [0.15, 0.2) is 0 Å². The maximum Gasteiger partial charge on any atom is 0.303 e. The summed E-state index contributed by atoms with van der Waals surface area (Å²) in [6.45, 7) is 4.68. The molecule has 4 N–H and O–H groups in total. The summed E-state index contributed by atoms with van der Waals surface area (Å²) in [5.74, 6) is -0.518. The van der Waals surface area contributed by atoms with Gasteiger partial charge in [0.2, 0.25) is 5.91 Å². The minimum atomic E-state index is -3.93. The molecule has 2 aromatic heterocycles. The smallest absolute Gasteiger partial charge is 0.303 e. The molecule has 0 saturated heterocycles. The lowest BCUT2D eigenvalue weighted by Gasteiger charge is -2.25. The van der Waals surface area contributed by atoms with Crippen molar-refractivity contribution in [1.29, 1.82) is 0 Å². The molecule has 13 nitrogen and oxygen atoms in total. The Morgan fingerprint density at radius 2 is 1.77 bits per heavy atom. The van der Waals surface area contributed by atoms with Crippen molar-refractivity contribution in [2.24, 2.45) is 5.92 Å². The number of anilines is 1. The molecule has 15 heteroatoms. The van der Waals surface area contributed by atoms with Crippen molar-refractivity contribution in [3.8, 4) is 0 Å². The molecule has 0 spiro atoms. The second-order valence-corrected chi connectivity index (χ2v) is 14.8. The van der Waals surface area contributed by atoms with Crippen LogP contribution in [0.15, 0.2) is 53.6 Å². The fraction of sp³-hybridized carbons (Fsp3) is 0.469. The predicted octanol–water partition coefficient (Wildman–Crippen LogP) is 2.51. The second-order valence-electron chi connectivity index (χ2n) is 11.9. The first-order valence-corrected chi connectivity index (χ1v) is 17.9. The van der Waals surface area contributed by atoms with Crippen LogP contribution < -0.4 is 25.6 Å². The molecule has 0 bridgehead atoms. The van der Waals surface area contributed by atoms with Crippen LogP contribution in [0.3, 0.4) is 0 Å². The standard InChI is InChI=1S/C32H44N8O5S2/c1-6-29(32(43)35-16-22-9-10-22)34-18-26(15-27-19-46-20-36-27)38-31(42)25-12-24(13-28(14-25)40(5)47(44,45)39(3)4)30(41)37-21(2)23-8-7-11-33-17-23/h7-8,11-14,17,19-22,26,29,34H,6,9-10,15-16,18H2,1-5H3,(H,35,43)(H,37,41)(H,38,42)/t21?,26-,29?/m0/s1. The van der Waals surface area contributed by atoms with Crippen molar-refractivity contribution in [3.05, 3.63) is 76.0 Å². The van der Waals surface area contributed by atoms with Crippen LogP contribution in [0, 0.1) is 5.92 Å². The first-order valence-electron chi connectivity index (χ1n) is 15.6. The van der Waals surface area contributed by atoms with Crippen LogP contribution in [0.25, 0.3) is 0 Å². The summed E-state index contributed by atoms with van der Waals surface area (Å²) in [6, 6.07) is 6.60. The molecule has 1 aliphatic carbocycles. The molecule has 2 heterocycles. The van der Waals surface area contributed by atoms with Crippen molar-refractivity contribution in [3.63, 3.8) is 0 Å². The molecule has 4 rings (SSSR count). The minimum Gasteiger partial charge on any atom is -0.354 e. The first-order chi connectivity index (χ1) is 22.4. The van der Waals surface area contributed by atoms with E-state index >= 15 is 0 Å². The summed E-state index contributed by atoms with van der Waals surface area (Å²) >= 11 is 1.44. The predicted molar refractivity (Wildman–Crippen MR) is 182 cm³/mol. The summed E-state index contributed by atoms with van der Waals surface area (Å²) in [4.78, 5) is 48.6. The molecule has 1 aliphatic rings. The number of aromatic nitrogens is 2. The number of nitrogens with one attached hydrogen (secondary N) is 4. The summed E-state index contributed by atoms with van der Waals surface area (Å²) in [6.07, 6.45) is 6.52. The molecule has 1 saturated carbocycles. The lowest BCUT2D eigenvalue weighted by atomic mass is 10.0. The normalized spacial score (nSPS) is 15.0. The van der Waals surface area contributed by atoms with Crippen LogP contribution in [0.1, 0.15) is 71.1 Å². The van der Waals surface area contributed by atoms with Crippen LogP contribution in [-0.4, -0.2) is 86.7 Å². The Morgan fingerprint density at radius 1 is 1.06 bits per heavy atom. The molecular weight excluding hydrogens is 641 g/mol. The number of nitrogens with zero attached hydrogens (tertiary/aromatic N) is 4. The lowest BCUT2D eigenvalue weighted by molar-refractivity contribution is -0.123. The van der Waals surface area contributed by atoms with Gasteiger partial charge in [-0.25, -0.2) is 4.98 Å². The molecule has 0 radical (unpaired) electrons. The van der Waals surface area contributed by atoms with Crippen LogP contribution in [0.5, 0.6) is 0 Å². The van der Waals surface area contributed by atoms with E-state index in [0.717, 1.165) is 32.7 Å². The largest absolute Gasteiger partial charge is 0.354 e. The molecule has 3 aromatic rings. The van der Waals surface area contributed by atoms with Crippen molar-refractivity contribution >= 4 is 45.0 Å². The highest BCUT2D eigenvalue weighted by Crippen LogP contribution is 2.27. The average molecular weight is 685 g/mol. The van der Waals surface area contributed by atoms with Gasteiger partial charge in [0.05, 0.1) is 29.0 Å². The molecule has 1 aromatic carbocycles. The second kappa shape index (κ2) is 16.3. The minimum absolute atomic E-state index is 0.0767. The number of rotatable bonds is 17. The van der Waals surface area contributed by atoms with E-state index in [4.69, 9.17) is 0 Å². The third-order valence-electron chi connectivity index (χ3n) is 8.02. The van der Waals surface area contributed by atoms with Gasteiger partial charge in [-0.2, -0.15) is 12.7 Å². The quantitative estimate of drug-likeness (QED) is 0.168. The first kappa shape index (κ1) is 35.9. The number of hydrogen-bond acceptors (Lipinski definition) is 9. The van der Waals surface area contributed by atoms with Gasteiger partial charge in [-0.15, -0.1) is 11.3 Å². The number of carbonyl (C=O) groups excluding carboxylic acids is 3. The topological polar surface area (TPSA) is 166 Å². The van der Waals surface area contributed by atoms with Crippen LogP contribution in [0.4, 0.5) is 5.69 Å². The van der Waals surface area contributed by atoms with E-state index in [-0.39, 0.29) is 29.3 Å². The molecule has 254 valence electrons. The Balaban J connectivity index is 1.58. The number of benzene rings is 1. The lowest BCUT2D eigenvalue weighted by Crippen LogP contribution is -2.50. The number of amides is 3. The SMILES string of the molecule is CCC(NC[C@H](Cc1cscn1)NC(=O)c1cc(C(=O)NC(C)c2cccnc2)cc(N(C)S(=O)(=O)N(C)C)c1)C(=O)NCC1CC1.